The van der Waals surface area contributed by atoms with E-state index in [1.807, 2.05) is 18.2 Å². The Bertz CT molecular complexity index is 1630. The third-order valence-electron chi connectivity index (χ3n) is 6.11. The lowest BCUT2D eigenvalue weighted by molar-refractivity contribution is 0.0939. The third-order valence-corrected chi connectivity index (χ3v) is 8.53. The highest BCUT2D eigenvalue weighted by Crippen LogP contribution is 2.31. The highest BCUT2D eigenvalue weighted by molar-refractivity contribution is 9.10. The van der Waals surface area contributed by atoms with Crippen LogP contribution in [0.25, 0.3) is 0 Å². The van der Waals surface area contributed by atoms with Gasteiger partial charge >= 0.3 is 0 Å². The molecule has 2 N–H and O–H groups in total. The summed E-state index contributed by atoms with van der Waals surface area (Å²) in [7, 11) is -4.02. The summed E-state index contributed by atoms with van der Waals surface area (Å²) in [5.74, 6) is 0.469. The van der Waals surface area contributed by atoms with Crippen LogP contribution in [0.4, 0.5) is 5.69 Å². The molecule has 38 heavy (non-hydrogen) atoms. The largest absolute Gasteiger partial charge is 0.456 e. The van der Waals surface area contributed by atoms with Gasteiger partial charge in [-0.2, -0.15) is 0 Å². The number of hydrogen-bond acceptors (Lipinski definition) is 4. The van der Waals surface area contributed by atoms with Crippen LogP contribution in [0.5, 0.6) is 11.5 Å². The molecule has 0 spiro atoms. The smallest absolute Gasteiger partial charge is 0.261 e. The SMILES string of the molecule is O=C(N[C@H]1Cc2ccc(Br)cc2C1)c1cc(Cl)ccc1NS(=O)(=O)c1ccc(Oc2ccccc2Cl)cc1. The van der Waals surface area contributed by atoms with Gasteiger partial charge in [-0.3, -0.25) is 9.52 Å². The fourth-order valence-corrected chi connectivity index (χ4v) is 6.12. The number of rotatable bonds is 7. The van der Waals surface area contributed by atoms with Gasteiger partial charge in [0.05, 0.1) is 21.2 Å². The molecular weight excluding hydrogens is 611 g/mol. The van der Waals surface area contributed by atoms with Crippen LogP contribution >= 0.6 is 39.1 Å². The maximum absolute atomic E-state index is 13.2. The Hall–Kier alpha value is -3.04. The Balaban J connectivity index is 1.32. The molecule has 0 bridgehead atoms. The highest BCUT2D eigenvalue weighted by atomic mass is 79.9. The summed E-state index contributed by atoms with van der Waals surface area (Å²) in [4.78, 5) is 13.2. The monoisotopic (exact) mass is 630 g/mol. The first-order chi connectivity index (χ1) is 18.2. The molecule has 1 aliphatic rings. The van der Waals surface area contributed by atoms with Crippen molar-refractivity contribution in [2.75, 3.05) is 4.72 Å². The Morgan fingerprint density at radius 2 is 1.63 bits per heavy atom. The van der Waals surface area contributed by atoms with Crippen molar-refractivity contribution in [1.29, 1.82) is 0 Å². The summed E-state index contributed by atoms with van der Waals surface area (Å²) < 4.78 is 35.6. The van der Waals surface area contributed by atoms with Crippen molar-refractivity contribution in [2.24, 2.45) is 0 Å². The lowest BCUT2D eigenvalue weighted by Crippen LogP contribution is -2.35. The summed E-state index contributed by atoms with van der Waals surface area (Å²) >= 11 is 15.8. The molecule has 4 aromatic rings. The van der Waals surface area contributed by atoms with Gasteiger partial charge in [0.1, 0.15) is 11.5 Å². The van der Waals surface area contributed by atoms with Crippen LogP contribution < -0.4 is 14.8 Å². The van der Waals surface area contributed by atoms with E-state index in [-0.39, 0.29) is 22.2 Å². The normalized spacial score (nSPS) is 14.6. The number of nitrogens with one attached hydrogen (secondary N) is 2. The van der Waals surface area contributed by atoms with E-state index in [2.05, 4.69) is 26.0 Å². The van der Waals surface area contributed by atoms with Crippen LogP contribution in [0.3, 0.4) is 0 Å². The number of anilines is 1. The molecule has 1 amide bonds. The van der Waals surface area contributed by atoms with E-state index < -0.39 is 15.9 Å². The summed E-state index contributed by atoms with van der Waals surface area (Å²) in [5.41, 5.74) is 2.60. The average molecular weight is 632 g/mol. The fraction of sp³-hybridized carbons (Fsp3) is 0.107. The highest BCUT2D eigenvalue weighted by Gasteiger charge is 2.25. The number of sulfonamides is 1. The molecule has 0 saturated carbocycles. The van der Waals surface area contributed by atoms with Crippen molar-refractivity contribution in [2.45, 2.75) is 23.8 Å². The van der Waals surface area contributed by atoms with Crippen molar-refractivity contribution < 1.29 is 17.9 Å². The van der Waals surface area contributed by atoms with Crippen LogP contribution in [0.15, 0.2) is 94.3 Å². The quantitative estimate of drug-likeness (QED) is 0.225. The van der Waals surface area contributed by atoms with Crippen molar-refractivity contribution in [3.8, 4) is 11.5 Å². The van der Waals surface area contributed by atoms with Crippen molar-refractivity contribution in [1.82, 2.24) is 5.32 Å². The fourth-order valence-electron chi connectivity index (χ4n) is 4.29. The summed E-state index contributed by atoms with van der Waals surface area (Å²) in [6.07, 6.45) is 1.38. The predicted molar refractivity (Wildman–Crippen MR) is 153 cm³/mol. The molecule has 6 nitrogen and oxygen atoms in total. The molecule has 194 valence electrons. The minimum absolute atomic E-state index is 0.00198. The van der Waals surface area contributed by atoms with Gasteiger partial charge in [0, 0.05) is 15.5 Å². The van der Waals surface area contributed by atoms with Crippen LogP contribution in [0, 0.1) is 0 Å². The van der Waals surface area contributed by atoms with E-state index in [1.165, 1.54) is 53.6 Å². The third kappa shape index (κ3) is 5.99. The lowest BCUT2D eigenvalue weighted by Gasteiger charge is -2.16. The van der Waals surface area contributed by atoms with E-state index in [0.717, 1.165) is 4.47 Å². The van der Waals surface area contributed by atoms with Gasteiger partial charge in [-0.25, -0.2) is 8.42 Å². The maximum Gasteiger partial charge on any atom is 0.261 e. The van der Waals surface area contributed by atoms with Crippen LogP contribution in [-0.4, -0.2) is 20.4 Å². The molecule has 5 rings (SSSR count). The molecule has 4 aromatic carbocycles. The summed E-state index contributed by atoms with van der Waals surface area (Å²) in [5, 5.41) is 3.77. The zero-order valence-corrected chi connectivity index (χ0v) is 23.7. The molecule has 0 radical (unpaired) electrons. The number of hydrogen-bond donors (Lipinski definition) is 2. The molecular formula is C28H21BrCl2N2O4S. The zero-order valence-electron chi connectivity index (χ0n) is 19.7. The van der Waals surface area contributed by atoms with Crippen LogP contribution in [0.2, 0.25) is 10.0 Å². The minimum Gasteiger partial charge on any atom is -0.456 e. The number of para-hydroxylation sites is 1. The van der Waals surface area contributed by atoms with E-state index in [0.29, 0.717) is 34.4 Å². The van der Waals surface area contributed by atoms with E-state index in [1.54, 1.807) is 24.3 Å². The average Bonchev–Trinajstić information content (AvgIpc) is 3.28. The Labute approximate surface area is 239 Å². The first-order valence-electron chi connectivity index (χ1n) is 11.6. The molecule has 0 aliphatic heterocycles. The number of halogens is 3. The molecule has 0 saturated heterocycles. The lowest BCUT2D eigenvalue weighted by atomic mass is 10.1. The van der Waals surface area contributed by atoms with Crippen LogP contribution in [-0.2, 0) is 22.9 Å². The van der Waals surface area contributed by atoms with Gasteiger partial charge in [-0.1, -0.05) is 57.3 Å². The van der Waals surface area contributed by atoms with Crippen molar-refractivity contribution in [3.63, 3.8) is 0 Å². The second-order valence-electron chi connectivity index (χ2n) is 8.79. The van der Waals surface area contributed by atoms with Gasteiger partial charge in [-0.05, 0) is 90.7 Å². The van der Waals surface area contributed by atoms with Gasteiger partial charge in [-0.15, -0.1) is 0 Å². The van der Waals surface area contributed by atoms with Crippen LogP contribution in [0.1, 0.15) is 21.5 Å². The van der Waals surface area contributed by atoms with Gasteiger partial charge in [0.2, 0.25) is 0 Å². The number of benzene rings is 4. The van der Waals surface area contributed by atoms with Crippen molar-refractivity contribution in [3.05, 3.63) is 116 Å². The molecule has 1 aliphatic carbocycles. The topological polar surface area (TPSA) is 84.5 Å². The maximum atomic E-state index is 13.2. The molecule has 1 atom stereocenters. The van der Waals surface area contributed by atoms with Gasteiger partial charge in [0.25, 0.3) is 15.9 Å². The van der Waals surface area contributed by atoms with Crippen molar-refractivity contribution >= 4 is 60.7 Å². The molecule has 0 unspecified atom stereocenters. The summed E-state index contributed by atoms with van der Waals surface area (Å²) in [6.45, 7) is 0. The summed E-state index contributed by atoms with van der Waals surface area (Å²) in [6, 6.07) is 23.3. The number of carbonyl (C=O) groups excluding carboxylic acids is 1. The van der Waals surface area contributed by atoms with E-state index in [4.69, 9.17) is 27.9 Å². The standard InChI is InChI=1S/C28H21BrCl2N2O4S/c29-19-6-5-17-14-21(15-18(17)13-19)32-28(34)24-16-20(30)7-12-26(24)33-38(35,36)23-10-8-22(9-11-23)37-27-4-2-1-3-25(27)31/h1-13,16,21,33H,14-15H2,(H,32,34)/t21-/m0/s1. The second kappa shape index (κ2) is 11.0. The van der Waals surface area contributed by atoms with Gasteiger partial charge < -0.3 is 10.1 Å². The number of ether oxygens (including phenoxy) is 1. The number of amides is 1. The first kappa shape index (κ1) is 26.6. The Morgan fingerprint density at radius 3 is 2.39 bits per heavy atom. The molecule has 0 aromatic heterocycles. The number of fused-ring (bicyclic) bond motifs is 1. The van der Waals surface area contributed by atoms with E-state index >= 15 is 0 Å². The van der Waals surface area contributed by atoms with E-state index in [9.17, 15) is 13.2 Å². The molecule has 0 heterocycles. The minimum atomic E-state index is -4.02. The van der Waals surface area contributed by atoms with Gasteiger partial charge in [0.15, 0.2) is 0 Å². The zero-order chi connectivity index (χ0) is 26.9. The Morgan fingerprint density at radius 1 is 0.895 bits per heavy atom. The first-order valence-corrected chi connectivity index (χ1v) is 14.6. The number of carbonyl (C=O) groups is 1. The molecule has 10 heteroatoms. The second-order valence-corrected chi connectivity index (χ2v) is 12.2. The molecule has 0 fully saturated rings. The predicted octanol–water partition coefficient (Wildman–Crippen LogP) is 7.25. The Kier molecular flexibility index (Phi) is 7.68.